The third-order valence-electron chi connectivity index (χ3n) is 2.45. The minimum absolute atomic E-state index is 0.640. The average molecular weight is 270 g/mol. The molecule has 6 heteroatoms. The first kappa shape index (κ1) is 14.9. The number of rotatable bonds is 8. The Morgan fingerprint density at radius 3 is 2.72 bits per heavy atom. The van der Waals surface area contributed by atoms with E-state index in [1.807, 2.05) is 13.8 Å². The van der Waals surface area contributed by atoms with Crippen molar-refractivity contribution < 1.29 is 4.21 Å². The summed E-state index contributed by atoms with van der Waals surface area (Å²) in [5.74, 6) is 2.81. The van der Waals surface area contributed by atoms with Gasteiger partial charge in [0.15, 0.2) is 0 Å². The SMILES string of the molecule is CCCNc1ncc(C)c(NCCS(=O)CC)n1. The zero-order valence-electron chi connectivity index (χ0n) is 11.3. The highest BCUT2D eigenvalue weighted by atomic mass is 32.2. The van der Waals surface area contributed by atoms with Crippen molar-refractivity contribution in [1.29, 1.82) is 0 Å². The van der Waals surface area contributed by atoms with Crippen LogP contribution in [0.2, 0.25) is 0 Å². The zero-order chi connectivity index (χ0) is 13.4. The maximum atomic E-state index is 11.3. The molecule has 1 aromatic rings. The Morgan fingerprint density at radius 2 is 2.06 bits per heavy atom. The van der Waals surface area contributed by atoms with Gasteiger partial charge in [0.25, 0.3) is 0 Å². The average Bonchev–Trinajstić information content (AvgIpc) is 2.39. The summed E-state index contributed by atoms with van der Waals surface area (Å²) in [6, 6.07) is 0. The predicted molar refractivity (Wildman–Crippen MR) is 77.6 cm³/mol. The second-order valence-corrected chi connectivity index (χ2v) is 5.88. The molecule has 102 valence electrons. The van der Waals surface area contributed by atoms with Gasteiger partial charge in [0.1, 0.15) is 5.82 Å². The third-order valence-corrected chi connectivity index (χ3v) is 3.75. The van der Waals surface area contributed by atoms with Crippen LogP contribution in [0, 0.1) is 6.92 Å². The van der Waals surface area contributed by atoms with Crippen molar-refractivity contribution in [2.24, 2.45) is 0 Å². The molecule has 1 unspecified atom stereocenters. The van der Waals surface area contributed by atoms with Gasteiger partial charge in [-0.05, 0) is 13.3 Å². The maximum absolute atomic E-state index is 11.3. The normalized spacial score (nSPS) is 12.2. The van der Waals surface area contributed by atoms with Crippen molar-refractivity contribution in [3.05, 3.63) is 11.8 Å². The van der Waals surface area contributed by atoms with Gasteiger partial charge in [0.05, 0.1) is 0 Å². The summed E-state index contributed by atoms with van der Waals surface area (Å²) < 4.78 is 11.3. The van der Waals surface area contributed by atoms with Crippen LogP contribution in [0.1, 0.15) is 25.8 Å². The second kappa shape index (κ2) is 8.02. The number of anilines is 2. The molecule has 0 fully saturated rings. The van der Waals surface area contributed by atoms with E-state index in [1.54, 1.807) is 6.20 Å². The zero-order valence-corrected chi connectivity index (χ0v) is 12.1. The van der Waals surface area contributed by atoms with Gasteiger partial charge in [-0.1, -0.05) is 13.8 Å². The molecular weight excluding hydrogens is 248 g/mol. The first-order chi connectivity index (χ1) is 8.67. The standard InChI is InChI=1S/C12H22N4OS/c1-4-6-14-12-15-9-10(3)11(16-12)13-7-8-18(17)5-2/h9H,4-8H2,1-3H3,(H2,13,14,15,16). The Kier molecular flexibility index (Phi) is 6.64. The first-order valence-electron chi connectivity index (χ1n) is 6.33. The highest BCUT2D eigenvalue weighted by Gasteiger charge is 2.03. The number of nitrogens with one attached hydrogen (secondary N) is 2. The molecule has 0 aliphatic heterocycles. The first-order valence-corrected chi connectivity index (χ1v) is 7.82. The molecular formula is C12H22N4OS. The van der Waals surface area contributed by atoms with Crippen molar-refractivity contribution in [2.45, 2.75) is 27.2 Å². The van der Waals surface area contributed by atoms with Crippen LogP contribution in [-0.2, 0) is 10.8 Å². The minimum atomic E-state index is -0.739. The molecule has 0 radical (unpaired) electrons. The van der Waals surface area contributed by atoms with E-state index < -0.39 is 10.8 Å². The Morgan fingerprint density at radius 1 is 1.28 bits per heavy atom. The molecule has 1 atom stereocenters. The fraction of sp³-hybridized carbons (Fsp3) is 0.667. The quantitative estimate of drug-likeness (QED) is 0.754. The molecule has 0 bridgehead atoms. The van der Waals surface area contributed by atoms with Gasteiger partial charge in [-0.2, -0.15) is 4.98 Å². The summed E-state index contributed by atoms with van der Waals surface area (Å²) >= 11 is 0. The molecule has 1 aromatic heterocycles. The number of hydrogen-bond donors (Lipinski definition) is 2. The van der Waals surface area contributed by atoms with E-state index in [0.29, 0.717) is 24.0 Å². The summed E-state index contributed by atoms with van der Waals surface area (Å²) in [4.78, 5) is 8.61. The van der Waals surface area contributed by atoms with Crippen LogP contribution in [0.5, 0.6) is 0 Å². The Labute approximate surface area is 111 Å². The van der Waals surface area contributed by atoms with Crippen LogP contribution in [-0.4, -0.2) is 38.8 Å². The molecule has 0 aliphatic carbocycles. The summed E-state index contributed by atoms with van der Waals surface area (Å²) in [6.45, 7) is 7.52. The van der Waals surface area contributed by atoms with Gasteiger partial charge >= 0.3 is 0 Å². The van der Waals surface area contributed by atoms with Crippen molar-refractivity contribution in [2.75, 3.05) is 35.2 Å². The van der Waals surface area contributed by atoms with Gasteiger partial charge in [-0.25, -0.2) is 4.98 Å². The molecule has 2 N–H and O–H groups in total. The minimum Gasteiger partial charge on any atom is -0.369 e. The number of nitrogens with zero attached hydrogens (tertiary/aromatic N) is 2. The van der Waals surface area contributed by atoms with Crippen molar-refractivity contribution in [3.8, 4) is 0 Å². The largest absolute Gasteiger partial charge is 0.369 e. The van der Waals surface area contributed by atoms with Crippen molar-refractivity contribution in [3.63, 3.8) is 0 Å². The topological polar surface area (TPSA) is 66.9 Å². The Balaban J connectivity index is 2.55. The van der Waals surface area contributed by atoms with Gasteiger partial charge < -0.3 is 10.6 Å². The van der Waals surface area contributed by atoms with Crippen LogP contribution in [0.25, 0.3) is 0 Å². The molecule has 0 spiro atoms. The number of hydrogen-bond acceptors (Lipinski definition) is 5. The Hall–Kier alpha value is -1.17. The van der Waals surface area contributed by atoms with Crippen LogP contribution >= 0.6 is 0 Å². The van der Waals surface area contributed by atoms with Crippen molar-refractivity contribution in [1.82, 2.24) is 9.97 Å². The molecule has 0 aromatic carbocycles. The monoisotopic (exact) mass is 270 g/mol. The summed E-state index contributed by atoms with van der Waals surface area (Å²) in [6.07, 6.45) is 2.83. The number of aromatic nitrogens is 2. The van der Waals surface area contributed by atoms with Crippen LogP contribution < -0.4 is 10.6 Å². The second-order valence-electron chi connectivity index (χ2n) is 4.01. The maximum Gasteiger partial charge on any atom is 0.224 e. The van der Waals surface area contributed by atoms with E-state index in [2.05, 4.69) is 27.5 Å². The highest BCUT2D eigenvalue weighted by Crippen LogP contribution is 2.12. The Bertz CT molecular complexity index is 398. The van der Waals surface area contributed by atoms with Gasteiger partial charge in [0.2, 0.25) is 5.95 Å². The summed E-state index contributed by atoms with van der Waals surface area (Å²) in [5.41, 5.74) is 0.999. The lowest BCUT2D eigenvalue weighted by atomic mass is 10.3. The van der Waals surface area contributed by atoms with Gasteiger partial charge in [0, 0.05) is 47.2 Å². The van der Waals surface area contributed by atoms with E-state index in [1.165, 1.54) is 0 Å². The van der Waals surface area contributed by atoms with E-state index in [4.69, 9.17) is 0 Å². The summed E-state index contributed by atoms with van der Waals surface area (Å²) in [7, 11) is -0.739. The van der Waals surface area contributed by atoms with Gasteiger partial charge in [-0.3, -0.25) is 4.21 Å². The van der Waals surface area contributed by atoms with Crippen LogP contribution in [0.3, 0.4) is 0 Å². The highest BCUT2D eigenvalue weighted by molar-refractivity contribution is 7.84. The van der Waals surface area contributed by atoms with Gasteiger partial charge in [-0.15, -0.1) is 0 Å². The molecule has 1 rings (SSSR count). The lowest BCUT2D eigenvalue weighted by Gasteiger charge is -2.10. The fourth-order valence-electron chi connectivity index (χ4n) is 1.37. The lowest BCUT2D eigenvalue weighted by Crippen LogP contribution is -2.14. The number of aryl methyl sites for hydroxylation is 1. The fourth-order valence-corrected chi connectivity index (χ4v) is 1.99. The van der Waals surface area contributed by atoms with Crippen molar-refractivity contribution >= 4 is 22.6 Å². The van der Waals surface area contributed by atoms with Crippen LogP contribution in [0.15, 0.2) is 6.20 Å². The van der Waals surface area contributed by atoms with E-state index in [-0.39, 0.29) is 0 Å². The molecule has 1 heterocycles. The molecule has 0 saturated carbocycles. The molecule has 0 aliphatic rings. The lowest BCUT2D eigenvalue weighted by molar-refractivity contribution is 0.684. The molecule has 0 saturated heterocycles. The van der Waals surface area contributed by atoms with E-state index >= 15 is 0 Å². The smallest absolute Gasteiger partial charge is 0.224 e. The predicted octanol–water partition coefficient (Wildman–Crippen LogP) is 1.79. The molecule has 18 heavy (non-hydrogen) atoms. The third kappa shape index (κ3) is 5.00. The molecule has 5 nitrogen and oxygen atoms in total. The van der Waals surface area contributed by atoms with Crippen LogP contribution in [0.4, 0.5) is 11.8 Å². The molecule has 0 amide bonds. The van der Waals surface area contributed by atoms with E-state index in [0.717, 1.165) is 24.3 Å². The summed E-state index contributed by atoms with van der Waals surface area (Å²) in [5, 5.41) is 6.36. The van der Waals surface area contributed by atoms with E-state index in [9.17, 15) is 4.21 Å².